The Bertz CT molecular complexity index is 720. The van der Waals surface area contributed by atoms with Gasteiger partial charge in [0.2, 0.25) is 0 Å². The van der Waals surface area contributed by atoms with Crippen molar-refractivity contribution in [2.24, 2.45) is 0 Å². The summed E-state index contributed by atoms with van der Waals surface area (Å²) in [5, 5.41) is 4.32. The highest BCUT2D eigenvalue weighted by atomic mass is 35.5. The molecule has 2 heterocycles. The van der Waals surface area contributed by atoms with Crippen LogP contribution in [-0.2, 0) is 15.8 Å². The summed E-state index contributed by atoms with van der Waals surface area (Å²) in [6, 6.07) is 4.71. The van der Waals surface area contributed by atoms with Crippen molar-refractivity contribution in [1.82, 2.24) is 10.3 Å². The lowest BCUT2D eigenvalue weighted by Crippen LogP contribution is -2.35. The van der Waals surface area contributed by atoms with Crippen molar-refractivity contribution in [2.45, 2.75) is 10.9 Å². The van der Waals surface area contributed by atoms with Gasteiger partial charge in [-0.25, -0.2) is 4.98 Å². The van der Waals surface area contributed by atoms with E-state index in [1.807, 2.05) is 0 Å². The fourth-order valence-electron chi connectivity index (χ4n) is 2.33. The topological polar surface area (TPSA) is 74.3 Å². The minimum Gasteiger partial charge on any atom is -0.768 e. The van der Waals surface area contributed by atoms with Crippen LogP contribution in [0.15, 0.2) is 23.1 Å². The lowest BCUT2D eigenvalue weighted by Gasteiger charge is -2.26. The molecule has 112 valence electrons. The number of pyridine rings is 1. The van der Waals surface area contributed by atoms with Gasteiger partial charge >= 0.3 is 0 Å². The van der Waals surface area contributed by atoms with E-state index in [0.717, 1.165) is 0 Å². The molecular weight excluding hydrogens is 335 g/mol. The summed E-state index contributed by atoms with van der Waals surface area (Å²) in [6.07, 6.45) is 0. The van der Waals surface area contributed by atoms with E-state index in [9.17, 15) is 8.76 Å². The van der Waals surface area contributed by atoms with Crippen LogP contribution in [-0.4, -0.2) is 33.5 Å². The Morgan fingerprint density at radius 3 is 2.90 bits per heavy atom. The SMILES string of the molecule is O=S([O-])c1c(C2COCCN2)nc2ccc(Cl)cc2c1Cl. The molecular formula is C13H11Cl2N2O3S-. The van der Waals surface area contributed by atoms with Crippen molar-refractivity contribution >= 4 is 45.2 Å². The van der Waals surface area contributed by atoms with Crippen molar-refractivity contribution in [3.63, 3.8) is 0 Å². The van der Waals surface area contributed by atoms with Crippen molar-refractivity contribution in [1.29, 1.82) is 0 Å². The Kier molecular flexibility index (Phi) is 4.44. The van der Waals surface area contributed by atoms with Gasteiger partial charge in [-0.05, 0) is 29.3 Å². The van der Waals surface area contributed by atoms with Crippen molar-refractivity contribution in [2.75, 3.05) is 19.8 Å². The number of halogens is 2. The first-order valence-corrected chi connectivity index (χ1v) is 8.10. The number of rotatable bonds is 2. The molecule has 1 aromatic heterocycles. The molecule has 0 bridgehead atoms. The molecule has 1 aromatic carbocycles. The summed E-state index contributed by atoms with van der Waals surface area (Å²) in [5.41, 5.74) is 0.976. The number of hydrogen-bond donors (Lipinski definition) is 1. The van der Waals surface area contributed by atoms with Crippen LogP contribution in [0.4, 0.5) is 0 Å². The van der Waals surface area contributed by atoms with E-state index in [1.54, 1.807) is 18.2 Å². The molecule has 1 fully saturated rings. The zero-order chi connectivity index (χ0) is 15.0. The number of aromatic nitrogens is 1. The highest BCUT2D eigenvalue weighted by Crippen LogP contribution is 2.34. The highest BCUT2D eigenvalue weighted by molar-refractivity contribution is 7.79. The molecule has 2 unspecified atom stereocenters. The fraction of sp³-hybridized carbons (Fsp3) is 0.308. The van der Waals surface area contributed by atoms with Gasteiger partial charge in [0.05, 0.1) is 40.4 Å². The maximum absolute atomic E-state index is 11.6. The third-order valence-electron chi connectivity index (χ3n) is 3.29. The molecule has 0 radical (unpaired) electrons. The summed E-state index contributed by atoms with van der Waals surface area (Å²) in [4.78, 5) is 4.44. The minimum absolute atomic E-state index is 0.00515. The first-order valence-electron chi connectivity index (χ1n) is 6.27. The second-order valence-corrected chi connectivity index (χ2v) is 6.31. The van der Waals surface area contributed by atoms with Crippen LogP contribution in [0.1, 0.15) is 11.7 Å². The lowest BCUT2D eigenvalue weighted by molar-refractivity contribution is 0.0748. The molecule has 8 heteroatoms. The number of morpholine rings is 1. The second kappa shape index (κ2) is 6.16. The molecule has 2 atom stereocenters. The number of ether oxygens (including phenoxy) is 1. The number of hydrogen-bond acceptors (Lipinski definition) is 5. The molecule has 0 aliphatic carbocycles. The summed E-state index contributed by atoms with van der Waals surface area (Å²) in [6.45, 7) is 1.57. The van der Waals surface area contributed by atoms with Crippen LogP contribution < -0.4 is 5.32 Å². The molecule has 1 saturated heterocycles. The average molecular weight is 346 g/mol. The van der Waals surface area contributed by atoms with Gasteiger partial charge in [0, 0.05) is 17.0 Å². The fourth-order valence-corrected chi connectivity index (χ4v) is 3.56. The number of benzene rings is 1. The van der Waals surface area contributed by atoms with Crippen LogP contribution in [0.3, 0.4) is 0 Å². The Hall–Kier alpha value is -0.760. The van der Waals surface area contributed by atoms with E-state index >= 15 is 0 Å². The maximum Gasteiger partial charge on any atom is 0.0769 e. The van der Waals surface area contributed by atoms with Gasteiger partial charge in [0.15, 0.2) is 0 Å². The van der Waals surface area contributed by atoms with Crippen molar-refractivity contribution in [3.8, 4) is 0 Å². The molecule has 0 amide bonds. The molecule has 0 spiro atoms. The maximum atomic E-state index is 11.6. The van der Waals surface area contributed by atoms with Gasteiger partial charge in [0.1, 0.15) is 0 Å². The van der Waals surface area contributed by atoms with Gasteiger partial charge < -0.3 is 14.6 Å². The van der Waals surface area contributed by atoms with E-state index in [-0.39, 0.29) is 16.0 Å². The zero-order valence-electron chi connectivity index (χ0n) is 10.8. The number of nitrogens with one attached hydrogen (secondary N) is 1. The van der Waals surface area contributed by atoms with Gasteiger partial charge in [-0.15, -0.1) is 0 Å². The monoisotopic (exact) mass is 345 g/mol. The van der Waals surface area contributed by atoms with Crippen LogP contribution >= 0.6 is 23.2 Å². The van der Waals surface area contributed by atoms with E-state index in [4.69, 9.17) is 27.9 Å². The zero-order valence-corrected chi connectivity index (χ0v) is 13.1. The molecule has 2 aromatic rings. The Labute approximate surface area is 133 Å². The quantitative estimate of drug-likeness (QED) is 0.846. The van der Waals surface area contributed by atoms with E-state index in [0.29, 0.717) is 41.4 Å². The third kappa shape index (κ3) is 2.92. The van der Waals surface area contributed by atoms with Gasteiger partial charge in [-0.1, -0.05) is 23.2 Å². The number of nitrogens with zero attached hydrogens (tertiary/aromatic N) is 1. The van der Waals surface area contributed by atoms with Crippen LogP contribution in [0, 0.1) is 0 Å². The Morgan fingerprint density at radius 2 is 2.24 bits per heavy atom. The van der Waals surface area contributed by atoms with E-state index < -0.39 is 11.1 Å². The number of fused-ring (bicyclic) bond motifs is 1. The molecule has 21 heavy (non-hydrogen) atoms. The van der Waals surface area contributed by atoms with Crippen LogP contribution in [0.5, 0.6) is 0 Å². The van der Waals surface area contributed by atoms with Crippen LogP contribution in [0.25, 0.3) is 10.9 Å². The highest BCUT2D eigenvalue weighted by Gasteiger charge is 2.24. The standard InChI is InChI=1S/C13H12Cl2N2O3S/c14-7-1-2-9-8(5-7)11(15)13(21(18)19)12(17-9)10-6-20-4-3-16-10/h1-2,5,10,16H,3-4,6H2,(H,18,19)/p-1. The summed E-state index contributed by atoms with van der Waals surface area (Å²) in [7, 11) is 0. The predicted octanol–water partition coefficient (Wildman–Crippen LogP) is 2.44. The minimum atomic E-state index is -2.50. The van der Waals surface area contributed by atoms with Crippen molar-refractivity contribution in [3.05, 3.63) is 33.9 Å². The summed E-state index contributed by atoms with van der Waals surface area (Å²) < 4.78 is 28.6. The van der Waals surface area contributed by atoms with E-state index in [2.05, 4.69) is 10.3 Å². The molecule has 0 saturated carbocycles. The van der Waals surface area contributed by atoms with Crippen LogP contribution in [0.2, 0.25) is 10.0 Å². The van der Waals surface area contributed by atoms with Gasteiger partial charge in [0.25, 0.3) is 0 Å². The third-order valence-corrected chi connectivity index (χ3v) is 4.77. The first-order chi connectivity index (χ1) is 10.1. The predicted molar refractivity (Wildman–Crippen MR) is 80.5 cm³/mol. The second-order valence-electron chi connectivity index (χ2n) is 4.62. The molecule has 5 nitrogen and oxygen atoms in total. The first kappa shape index (κ1) is 15.1. The van der Waals surface area contributed by atoms with Crippen molar-refractivity contribution < 1.29 is 13.5 Å². The normalized spacial score (nSPS) is 20.6. The Balaban J connectivity index is 2.24. The average Bonchev–Trinajstić information content (AvgIpc) is 2.48. The molecule has 1 aliphatic heterocycles. The molecule has 1 N–H and O–H groups in total. The van der Waals surface area contributed by atoms with Gasteiger partial charge in [-0.3, -0.25) is 4.21 Å². The van der Waals surface area contributed by atoms with E-state index in [1.165, 1.54) is 0 Å². The largest absolute Gasteiger partial charge is 0.768 e. The van der Waals surface area contributed by atoms with Gasteiger partial charge in [-0.2, -0.15) is 0 Å². The molecule has 1 aliphatic rings. The molecule has 3 rings (SSSR count). The summed E-state index contributed by atoms with van der Waals surface area (Å²) >= 11 is 9.71. The smallest absolute Gasteiger partial charge is 0.0769 e. The lowest BCUT2D eigenvalue weighted by atomic mass is 10.1. The summed E-state index contributed by atoms with van der Waals surface area (Å²) in [5.74, 6) is 0. The Morgan fingerprint density at radius 1 is 1.43 bits per heavy atom.